The quantitative estimate of drug-likeness (QED) is 0.199. The number of benzene rings is 4. The summed E-state index contributed by atoms with van der Waals surface area (Å²) >= 11 is 1.22. The molecule has 0 unspecified atom stereocenters. The Morgan fingerprint density at radius 2 is 1.67 bits per heavy atom. The van der Waals surface area contributed by atoms with Crippen LogP contribution in [0.5, 0.6) is 11.5 Å². The Bertz CT molecular complexity index is 2070. The molecule has 226 valence electrons. The van der Waals surface area contributed by atoms with E-state index in [9.17, 15) is 14.0 Å². The number of esters is 1. The molecular formula is C36H29FN2O5S. The molecule has 0 aliphatic carbocycles. The molecule has 0 N–H and O–H groups in total. The van der Waals surface area contributed by atoms with Gasteiger partial charge in [0.15, 0.2) is 4.80 Å². The van der Waals surface area contributed by atoms with E-state index in [1.54, 1.807) is 61.1 Å². The first-order chi connectivity index (χ1) is 22.0. The maximum absolute atomic E-state index is 14.2. The van der Waals surface area contributed by atoms with Gasteiger partial charge in [-0.2, -0.15) is 0 Å². The number of para-hydroxylation sites is 1. The van der Waals surface area contributed by atoms with Crippen molar-refractivity contribution < 1.29 is 23.4 Å². The van der Waals surface area contributed by atoms with Gasteiger partial charge in [-0.1, -0.05) is 90.2 Å². The fourth-order valence-corrected chi connectivity index (χ4v) is 6.18. The van der Waals surface area contributed by atoms with Crippen molar-refractivity contribution in [1.29, 1.82) is 0 Å². The topological polar surface area (TPSA) is 79.1 Å². The third kappa shape index (κ3) is 6.07. The highest BCUT2D eigenvalue weighted by Gasteiger charge is 2.35. The molecule has 2 heterocycles. The van der Waals surface area contributed by atoms with Gasteiger partial charge in [-0.25, -0.2) is 14.2 Å². The van der Waals surface area contributed by atoms with Crippen LogP contribution in [-0.4, -0.2) is 24.3 Å². The fraction of sp³-hybridized carbons (Fsp3) is 0.139. The molecule has 5 aromatic rings. The average molecular weight is 621 g/mol. The molecule has 7 nitrogen and oxygen atoms in total. The second-order valence-electron chi connectivity index (χ2n) is 10.1. The smallest absolute Gasteiger partial charge is 0.338 e. The largest absolute Gasteiger partial charge is 0.497 e. The van der Waals surface area contributed by atoms with Gasteiger partial charge in [0, 0.05) is 16.7 Å². The van der Waals surface area contributed by atoms with Crippen LogP contribution in [0.4, 0.5) is 4.39 Å². The van der Waals surface area contributed by atoms with E-state index in [4.69, 9.17) is 19.2 Å². The van der Waals surface area contributed by atoms with Crippen LogP contribution in [0, 0.1) is 5.82 Å². The van der Waals surface area contributed by atoms with Crippen LogP contribution in [0.3, 0.4) is 0 Å². The second kappa shape index (κ2) is 13.2. The molecule has 0 fully saturated rings. The number of ether oxygens (including phenoxy) is 3. The lowest BCUT2D eigenvalue weighted by molar-refractivity contribution is -0.138. The SMILES string of the molecule is CCOC(=O)C1=C(c2ccccc2)N=c2s/c(=C\c3ccccc3OCc3ccccc3F)c(=O)n2[C@H]1c1ccc(OC)cc1. The van der Waals surface area contributed by atoms with E-state index in [0.29, 0.717) is 43.2 Å². The molecule has 1 aliphatic heterocycles. The van der Waals surface area contributed by atoms with Gasteiger partial charge in [-0.15, -0.1) is 0 Å². The molecule has 0 saturated heterocycles. The van der Waals surface area contributed by atoms with Gasteiger partial charge in [0.1, 0.15) is 23.9 Å². The molecule has 0 spiro atoms. The summed E-state index contributed by atoms with van der Waals surface area (Å²) < 4.78 is 33.1. The second-order valence-corrected chi connectivity index (χ2v) is 11.1. The minimum absolute atomic E-state index is 0.0274. The molecule has 0 amide bonds. The summed E-state index contributed by atoms with van der Waals surface area (Å²) in [6, 6.07) is 29.5. The van der Waals surface area contributed by atoms with Gasteiger partial charge in [-0.05, 0) is 42.8 Å². The third-order valence-electron chi connectivity index (χ3n) is 7.35. The monoisotopic (exact) mass is 620 g/mol. The predicted molar refractivity (Wildman–Crippen MR) is 171 cm³/mol. The Labute approximate surface area is 262 Å². The zero-order chi connectivity index (χ0) is 31.3. The van der Waals surface area contributed by atoms with Crippen molar-refractivity contribution in [2.75, 3.05) is 13.7 Å². The first-order valence-corrected chi connectivity index (χ1v) is 15.2. The first-order valence-electron chi connectivity index (χ1n) is 14.4. The van der Waals surface area contributed by atoms with Crippen molar-refractivity contribution in [2.24, 2.45) is 4.99 Å². The number of carbonyl (C=O) groups excluding carboxylic acids is 1. The zero-order valence-corrected chi connectivity index (χ0v) is 25.4. The number of hydrogen-bond acceptors (Lipinski definition) is 7. The van der Waals surface area contributed by atoms with Crippen LogP contribution >= 0.6 is 11.3 Å². The number of methoxy groups -OCH3 is 1. The van der Waals surface area contributed by atoms with Crippen LogP contribution < -0.4 is 24.4 Å². The maximum atomic E-state index is 14.2. The van der Waals surface area contributed by atoms with Gasteiger partial charge in [0.25, 0.3) is 5.56 Å². The lowest BCUT2D eigenvalue weighted by Gasteiger charge is -2.26. The Hall–Kier alpha value is -5.28. The third-order valence-corrected chi connectivity index (χ3v) is 8.33. The molecule has 0 saturated carbocycles. The first kappa shape index (κ1) is 29.8. The number of carbonyl (C=O) groups is 1. The van der Waals surface area contributed by atoms with E-state index < -0.39 is 12.0 Å². The summed E-state index contributed by atoms with van der Waals surface area (Å²) in [4.78, 5) is 33.2. The Morgan fingerprint density at radius 3 is 2.40 bits per heavy atom. The number of aromatic nitrogens is 1. The van der Waals surface area contributed by atoms with Crippen LogP contribution in [0.1, 0.15) is 35.2 Å². The summed E-state index contributed by atoms with van der Waals surface area (Å²) in [5.41, 5.74) is 2.88. The summed E-state index contributed by atoms with van der Waals surface area (Å²) in [6.07, 6.45) is 1.74. The molecule has 45 heavy (non-hydrogen) atoms. The highest BCUT2D eigenvalue weighted by atomic mass is 32.1. The minimum Gasteiger partial charge on any atom is -0.497 e. The van der Waals surface area contributed by atoms with Gasteiger partial charge in [0.05, 0.1) is 35.6 Å². The zero-order valence-electron chi connectivity index (χ0n) is 24.6. The number of hydrogen-bond donors (Lipinski definition) is 0. The van der Waals surface area contributed by atoms with Crippen LogP contribution in [0.2, 0.25) is 0 Å². The summed E-state index contributed by atoms with van der Waals surface area (Å²) in [7, 11) is 1.58. The van der Waals surface area contributed by atoms with E-state index in [1.807, 2.05) is 60.7 Å². The standard InChI is InChI=1S/C36H29FN2O5S/c1-3-43-35(41)31-32(23-11-5-4-6-12-23)38-36-39(33(31)24-17-19-27(42-2)20-18-24)34(40)30(45-36)21-25-13-8-10-16-29(25)44-22-26-14-7-9-15-28(26)37/h4-21,33H,3,22H2,1-2H3/b30-21-/t33-/m0/s1. The number of thiazole rings is 1. The predicted octanol–water partition coefficient (Wildman–Crippen LogP) is 5.66. The Kier molecular flexibility index (Phi) is 8.70. The molecule has 9 heteroatoms. The number of fused-ring (bicyclic) bond motifs is 1. The molecule has 4 aromatic carbocycles. The van der Waals surface area contributed by atoms with E-state index in [2.05, 4.69) is 0 Å². The van der Waals surface area contributed by atoms with Crippen LogP contribution in [0.15, 0.2) is 118 Å². The number of rotatable bonds is 9. The highest BCUT2D eigenvalue weighted by molar-refractivity contribution is 7.07. The van der Waals surface area contributed by atoms with Gasteiger partial charge < -0.3 is 14.2 Å². The van der Waals surface area contributed by atoms with Crippen molar-refractivity contribution in [3.63, 3.8) is 0 Å². The summed E-state index contributed by atoms with van der Waals surface area (Å²) in [5, 5.41) is 0. The molecule has 0 bridgehead atoms. The van der Waals surface area contributed by atoms with Crippen molar-refractivity contribution in [1.82, 2.24) is 4.57 Å². The van der Waals surface area contributed by atoms with Gasteiger partial charge >= 0.3 is 5.97 Å². The van der Waals surface area contributed by atoms with E-state index in [1.165, 1.54) is 17.4 Å². The van der Waals surface area contributed by atoms with Crippen LogP contribution in [0.25, 0.3) is 11.8 Å². The lowest BCUT2D eigenvalue weighted by Crippen LogP contribution is -2.40. The van der Waals surface area contributed by atoms with Crippen molar-refractivity contribution >= 4 is 29.1 Å². The Balaban J connectivity index is 1.52. The van der Waals surface area contributed by atoms with Gasteiger partial charge in [-0.3, -0.25) is 9.36 Å². The highest BCUT2D eigenvalue weighted by Crippen LogP contribution is 2.35. The molecule has 1 aromatic heterocycles. The average Bonchev–Trinajstić information content (AvgIpc) is 3.38. The van der Waals surface area contributed by atoms with E-state index in [0.717, 1.165) is 5.56 Å². The molecule has 0 radical (unpaired) electrons. The summed E-state index contributed by atoms with van der Waals surface area (Å²) in [5.74, 6) is 0.231. The van der Waals surface area contributed by atoms with Gasteiger partial charge in [0.2, 0.25) is 0 Å². The Morgan fingerprint density at radius 1 is 0.956 bits per heavy atom. The normalized spacial score (nSPS) is 14.5. The maximum Gasteiger partial charge on any atom is 0.338 e. The molecule has 1 aliphatic rings. The number of nitrogens with zero attached hydrogens (tertiary/aromatic N) is 2. The van der Waals surface area contributed by atoms with Crippen molar-refractivity contribution in [2.45, 2.75) is 19.6 Å². The molecule has 1 atom stereocenters. The minimum atomic E-state index is -0.809. The lowest BCUT2D eigenvalue weighted by atomic mass is 9.93. The van der Waals surface area contributed by atoms with E-state index >= 15 is 0 Å². The van der Waals surface area contributed by atoms with Crippen molar-refractivity contribution in [3.8, 4) is 11.5 Å². The molecule has 6 rings (SSSR count). The van der Waals surface area contributed by atoms with E-state index in [-0.39, 0.29) is 30.2 Å². The summed E-state index contributed by atoms with van der Waals surface area (Å²) in [6.45, 7) is 1.93. The van der Waals surface area contributed by atoms with Crippen LogP contribution in [-0.2, 0) is 16.1 Å². The number of halogens is 1. The fourth-order valence-electron chi connectivity index (χ4n) is 5.19. The van der Waals surface area contributed by atoms with Crippen molar-refractivity contribution in [3.05, 3.63) is 156 Å². The molecular weight excluding hydrogens is 591 g/mol.